The Morgan fingerprint density at radius 2 is 1.41 bits per heavy atom. The first-order valence-corrected chi connectivity index (χ1v) is 10.1. The summed E-state index contributed by atoms with van der Waals surface area (Å²) in [5.41, 5.74) is 1.98. The van der Waals surface area contributed by atoms with E-state index in [1.807, 2.05) is 55.5 Å². The Kier molecular flexibility index (Phi) is 6.16. The maximum Gasteiger partial charge on any atom is 0.308 e. The molecule has 27 heavy (non-hydrogen) atoms. The van der Waals surface area contributed by atoms with E-state index in [2.05, 4.69) is 35.3 Å². The van der Waals surface area contributed by atoms with Crippen LogP contribution in [0.15, 0.2) is 83.9 Å². The van der Waals surface area contributed by atoms with E-state index in [9.17, 15) is 4.79 Å². The Labute approximate surface area is 161 Å². The summed E-state index contributed by atoms with van der Waals surface area (Å²) in [5, 5.41) is 3.42. The van der Waals surface area contributed by atoms with Gasteiger partial charge in [-0.25, -0.2) is 0 Å². The molecule has 0 amide bonds. The van der Waals surface area contributed by atoms with Gasteiger partial charge < -0.3 is 4.74 Å². The normalized spacial score (nSPS) is 11.5. The van der Waals surface area contributed by atoms with Crippen molar-refractivity contribution in [3.8, 4) is 5.75 Å². The Balaban J connectivity index is 2.25. The summed E-state index contributed by atoms with van der Waals surface area (Å²) in [6, 6.07) is 26.6. The number of ether oxygens (including phenoxy) is 1. The Bertz CT molecular complexity index is 913. The molecule has 0 bridgehead atoms. The third kappa shape index (κ3) is 4.50. The van der Waals surface area contributed by atoms with Gasteiger partial charge in [0.2, 0.25) is 0 Å². The number of rotatable bonds is 5. The van der Waals surface area contributed by atoms with Crippen LogP contribution in [0.4, 0.5) is 0 Å². The molecule has 0 spiro atoms. The van der Waals surface area contributed by atoms with E-state index in [1.54, 1.807) is 7.05 Å². The van der Waals surface area contributed by atoms with Crippen LogP contribution in [-0.2, 0) is 4.79 Å². The number of esters is 1. The van der Waals surface area contributed by atoms with Crippen LogP contribution in [0.25, 0.3) is 0 Å². The average molecular weight is 375 g/mol. The van der Waals surface area contributed by atoms with Gasteiger partial charge in [0, 0.05) is 25.0 Å². The minimum atomic E-state index is -0.876. The predicted molar refractivity (Wildman–Crippen MR) is 115 cm³/mol. The van der Waals surface area contributed by atoms with Gasteiger partial charge in [0.05, 0.1) is 0 Å². The van der Waals surface area contributed by atoms with Gasteiger partial charge in [-0.3, -0.25) is 9.79 Å². The van der Waals surface area contributed by atoms with E-state index < -0.39 is 7.92 Å². The summed E-state index contributed by atoms with van der Waals surface area (Å²) in [4.78, 5) is 16.0. The van der Waals surface area contributed by atoms with Crippen molar-refractivity contribution < 1.29 is 9.53 Å². The summed E-state index contributed by atoms with van der Waals surface area (Å²) >= 11 is 0. The van der Waals surface area contributed by atoms with Gasteiger partial charge in [-0.15, -0.1) is 0 Å². The zero-order valence-corrected chi connectivity index (χ0v) is 16.6. The second-order valence-electron chi connectivity index (χ2n) is 6.09. The topological polar surface area (TPSA) is 38.7 Å². The first-order chi connectivity index (χ1) is 13.1. The zero-order valence-electron chi connectivity index (χ0n) is 15.7. The largest absolute Gasteiger partial charge is 0.426 e. The van der Waals surface area contributed by atoms with Crippen molar-refractivity contribution >= 4 is 35.5 Å². The van der Waals surface area contributed by atoms with E-state index >= 15 is 0 Å². The molecule has 0 saturated heterocycles. The molecule has 0 N–H and O–H groups in total. The molecule has 0 aliphatic carbocycles. The lowest BCUT2D eigenvalue weighted by molar-refractivity contribution is -0.131. The Morgan fingerprint density at radius 3 is 1.89 bits per heavy atom. The number of hydrogen-bond donors (Lipinski definition) is 0. The van der Waals surface area contributed by atoms with E-state index in [4.69, 9.17) is 4.74 Å². The lowest BCUT2D eigenvalue weighted by atomic mass is 10.1. The van der Waals surface area contributed by atoms with Gasteiger partial charge in [0.25, 0.3) is 0 Å². The fourth-order valence-corrected chi connectivity index (χ4v) is 5.27. The molecule has 0 aliphatic heterocycles. The van der Waals surface area contributed by atoms with E-state index in [0.29, 0.717) is 5.75 Å². The highest BCUT2D eigenvalue weighted by Crippen LogP contribution is 2.37. The second-order valence-corrected chi connectivity index (χ2v) is 8.28. The Morgan fingerprint density at radius 1 is 0.852 bits per heavy atom. The fourth-order valence-electron chi connectivity index (χ4n) is 2.87. The number of carbonyl (C=O) groups excluding carboxylic acids is 1. The third-order valence-corrected chi connectivity index (χ3v) is 6.70. The monoisotopic (exact) mass is 375 g/mol. The maximum atomic E-state index is 11.7. The summed E-state index contributed by atoms with van der Waals surface area (Å²) in [7, 11) is 0.908. The van der Waals surface area contributed by atoms with E-state index in [0.717, 1.165) is 16.6 Å². The molecule has 0 aromatic heterocycles. The van der Waals surface area contributed by atoms with Gasteiger partial charge in [-0.1, -0.05) is 60.7 Å². The van der Waals surface area contributed by atoms with Gasteiger partial charge in [-0.2, -0.15) is 0 Å². The van der Waals surface area contributed by atoms with Gasteiger partial charge >= 0.3 is 5.97 Å². The standard InChI is InChI=1S/C23H22NO2P/c1-17(24-3)19-14-15-22(26-18(2)25)23(16-19)27(20-10-6-4-7-11-20)21-12-8-5-9-13-21/h4-16H,1-3H3. The maximum absolute atomic E-state index is 11.7. The molecule has 3 nitrogen and oxygen atoms in total. The molecule has 136 valence electrons. The van der Waals surface area contributed by atoms with Crippen LogP contribution >= 0.6 is 7.92 Å². The SMILES string of the molecule is CN=C(C)c1ccc(OC(C)=O)c(P(c2ccccc2)c2ccccc2)c1. The van der Waals surface area contributed by atoms with Crippen LogP contribution in [0.5, 0.6) is 5.75 Å². The smallest absolute Gasteiger partial charge is 0.308 e. The van der Waals surface area contributed by atoms with Gasteiger partial charge in [-0.05, 0) is 49.2 Å². The number of benzene rings is 3. The van der Waals surface area contributed by atoms with Crippen molar-refractivity contribution in [2.24, 2.45) is 4.99 Å². The zero-order chi connectivity index (χ0) is 19.2. The minimum absolute atomic E-state index is 0.319. The van der Waals surface area contributed by atoms with Crippen molar-refractivity contribution in [2.45, 2.75) is 13.8 Å². The number of hydrogen-bond acceptors (Lipinski definition) is 3. The fraction of sp³-hybridized carbons (Fsp3) is 0.130. The summed E-state index contributed by atoms with van der Waals surface area (Å²) in [6.45, 7) is 3.42. The third-order valence-electron chi connectivity index (χ3n) is 4.24. The van der Waals surface area contributed by atoms with Crippen molar-refractivity contribution in [1.82, 2.24) is 0 Å². The molecule has 0 heterocycles. The first-order valence-electron chi connectivity index (χ1n) is 8.76. The number of nitrogens with zero attached hydrogens (tertiary/aromatic N) is 1. The molecule has 3 rings (SSSR count). The van der Waals surface area contributed by atoms with Crippen molar-refractivity contribution in [3.63, 3.8) is 0 Å². The summed E-state index contributed by atoms with van der Waals surface area (Å²) in [5.74, 6) is 0.287. The predicted octanol–water partition coefficient (Wildman–Crippen LogP) is 3.81. The van der Waals surface area contributed by atoms with Crippen LogP contribution < -0.4 is 20.7 Å². The highest BCUT2D eigenvalue weighted by molar-refractivity contribution is 7.80. The highest BCUT2D eigenvalue weighted by atomic mass is 31.1. The lowest BCUT2D eigenvalue weighted by Gasteiger charge is -2.22. The molecule has 3 aromatic carbocycles. The molecular weight excluding hydrogens is 353 g/mol. The van der Waals surface area contributed by atoms with Crippen LogP contribution in [0, 0.1) is 0 Å². The lowest BCUT2D eigenvalue weighted by Crippen LogP contribution is -2.23. The van der Waals surface area contributed by atoms with Crippen molar-refractivity contribution in [2.75, 3.05) is 7.05 Å². The van der Waals surface area contributed by atoms with Crippen molar-refractivity contribution in [1.29, 1.82) is 0 Å². The molecule has 4 heteroatoms. The van der Waals surface area contributed by atoms with Gasteiger partial charge in [0.15, 0.2) is 0 Å². The van der Waals surface area contributed by atoms with E-state index in [-0.39, 0.29) is 5.97 Å². The average Bonchev–Trinajstić information content (AvgIpc) is 2.70. The van der Waals surface area contributed by atoms with E-state index in [1.165, 1.54) is 17.5 Å². The summed E-state index contributed by atoms with van der Waals surface area (Å²) in [6.07, 6.45) is 0. The minimum Gasteiger partial charge on any atom is -0.426 e. The molecule has 0 aliphatic rings. The molecule has 0 radical (unpaired) electrons. The summed E-state index contributed by atoms with van der Waals surface area (Å²) < 4.78 is 5.58. The number of carbonyl (C=O) groups is 1. The van der Waals surface area contributed by atoms with Crippen LogP contribution in [0.3, 0.4) is 0 Å². The molecule has 0 fully saturated rings. The van der Waals surface area contributed by atoms with Crippen LogP contribution in [-0.4, -0.2) is 18.7 Å². The van der Waals surface area contributed by atoms with Gasteiger partial charge in [0.1, 0.15) is 5.75 Å². The Hall–Kier alpha value is -2.77. The van der Waals surface area contributed by atoms with Crippen molar-refractivity contribution in [3.05, 3.63) is 84.4 Å². The molecule has 0 atom stereocenters. The molecule has 3 aromatic rings. The quantitative estimate of drug-likeness (QED) is 0.294. The second kappa shape index (κ2) is 8.75. The molecule has 0 unspecified atom stereocenters. The van der Waals surface area contributed by atoms with Crippen LogP contribution in [0.1, 0.15) is 19.4 Å². The number of aliphatic imine (C=N–C) groups is 1. The molecular formula is C23H22NO2P. The molecule has 0 saturated carbocycles. The first kappa shape index (κ1) is 19.0. The van der Waals surface area contributed by atoms with Crippen LogP contribution in [0.2, 0.25) is 0 Å². The highest BCUT2D eigenvalue weighted by Gasteiger charge is 2.22.